The molecule has 2 aromatic carbocycles. The number of carbonyl (C=O) groups excluding carboxylic acids is 1. The molecular weight excluding hydrogens is 341 g/mol. The Bertz CT molecular complexity index is 892. The number of pyridine rings is 1. The van der Waals surface area contributed by atoms with Gasteiger partial charge in [0.1, 0.15) is 11.6 Å². The van der Waals surface area contributed by atoms with E-state index < -0.39 is 0 Å². The third-order valence-electron chi connectivity index (χ3n) is 4.28. The van der Waals surface area contributed by atoms with E-state index in [1.54, 1.807) is 30.5 Å². The van der Waals surface area contributed by atoms with E-state index in [-0.39, 0.29) is 11.7 Å². The molecule has 1 amide bonds. The molecule has 0 unspecified atom stereocenters. The van der Waals surface area contributed by atoms with E-state index in [1.807, 2.05) is 24.3 Å². The van der Waals surface area contributed by atoms with Crippen LogP contribution in [0.5, 0.6) is 0 Å². The number of benzene rings is 2. The van der Waals surface area contributed by atoms with Crippen molar-refractivity contribution in [3.63, 3.8) is 0 Å². The van der Waals surface area contributed by atoms with Gasteiger partial charge in [-0.05, 0) is 60.4 Å². The molecule has 0 aliphatic heterocycles. The molecule has 3 rings (SSSR count). The summed E-state index contributed by atoms with van der Waals surface area (Å²) in [6, 6.07) is 17.6. The Hall–Kier alpha value is -3.21. The normalized spacial score (nSPS) is 10.4. The minimum Gasteiger partial charge on any atom is -0.370 e. The lowest BCUT2D eigenvalue weighted by molar-refractivity contribution is 0.102. The van der Waals surface area contributed by atoms with Crippen LogP contribution >= 0.6 is 0 Å². The van der Waals surface area contributed by atoms with Crippen LogP contribution in [0.3, 0.4) is 0 Å². The summed E-state index contributed by atoms with van der Waals surface area (Å²) in [6.45, 7) is 2.73. The van der Waals surface area contributed by atoms with Crippen LogP contribution < -0.4 is 10.6 Å². The summed E-state index contributed by atoms with van der Waals surface area (Å²) in [4.78, 5) is 16.7. The first-order valence-electron chi connectivity index (χ1n) is 8.98. The van der Waals surface area contributed by atoms with Crippen LogP contribution in [-0.2, 0) is 12.8 Å². The second-order valence-electron chi connectivity index (χ2n) is 6.24. The summed E-state index contributed by atoms with van der Waals surface area (Å²) in [6.07, 6.45) is 3.31. The highest BCUT2D eigenvalue weighted by Gasteiger charge is 2.07. The van der Waals surface area contributed by atoms with Gasteiger partial charge < -0.3 is 10.6 Å². The topological polar surface area (TPSA) is 54.0 Å². The highest BCUT2D eigenvalue weighted by molar-refractivity contribution is 6.04. The summed E-state index contributed by atoms with van der Waals surface area (Å²) in [7, 11) is 0. The van der Waals surface area contributed by atoms with Gasteiger partial charge in [-0.25, -0.2) is 9.37 Å². The molecule has 3 aromatic rings. The van der Waals surface area contributed by atoms with Crippen molar-refractivity contribution in [1.82, 2.24) is 4.98 Å². The Kier molecular flexibility index (Phi) is 6.15. The molecular formula is C22H22FN3O. The molecule has 0 saturated heterocycles. The Morgan fingerprint density at radius 2 is 1.70 bits per heavy atom. The zero-order chi connectivity index (χ0) is 19.1. The SMILES string of the molecule is CCc1ccc(NC(=O)c2ccnc(NCCc3ccc(F)cc3)c2)cc1. The number of nitrogens with zero attached hydrogens (tertiary/aromatic N) is 1. The average Bonchev–Trinajstić information content (AvgIpc) is 2.70. The van der Waals surface area contributed by atoms with Gasteiger partial charge >= 0.3 is 0 Å². The molecule has 0 atom stereocenters. The Balaban J connectivity index is 1.57. The summed E-state index contributed by atoms with van der Waals surface area (Å²) in [5.41, 5.74) is 3.56. The van der Waals surface area contributed by atoms with Crippen molar-refractivity contribution < 1.29 is 9.18 Å². The molecule has 0 spiro atoms. The molecule has 27 heavy (non-hydrogen) atoms. The van der Waals surface area contributed by atoms with Crippen molar-refractivity contribution in [2.45, 2.75) is 19.8 Å². The van der Waals surface area contributed by atoms with Crippen molar-refractivity contribution in [3.05, 3.63) is 89.4 Å². The number of rotatable bonds is 7. The fourth-order valence-corrected chi connectivity index (χ4v) is 2.68. The minimum absolute atomic E-state index is 0.178. The van der Waals surface area contributed by atoms with Crippen molar-refractivity contribution in [2.24, 2.45) is 0 Å². The number of halogens is 1. The molecule has 138 valence electrons. The lowest BCUT2D eigenvalue weighted by Gasteiger charge is -2.09. The molecule has 1 aromatic heterocycles. The van der Waals surface area contributed by atoms with E-state index in [9.17, 15) is 9.18 Å². The first-order chi connectivity index (χ1) is 13.1. The van der Waals surface area contributed by atoms with Crippen LogP contribution in [0.15, 0.2) is 66.9 Å². The summed E-state index contributed by atoms with van der Waals surface area (Å²) in [5.74, 6) is 0.214. The van der Waals surface area contributed by atoms with E-state index >= 15 is 0 Å². The monoisotopic (exact) mass is 363 g/mol. The second-order valence-corrected chi connectivity index (χ2v) is 6.24. The van der Waals surface area contributed by atoms with Crippen LogP contribution in [0, 0.1) is 5.82 Å². The largest absolute Gasteiger partial charge is 0.370 e. The maximum atomic E-state index is 12.9. The number of hydrogen-bond donors (Lipinski definition) is 2. The summed E-state index contributed by atoms with van der Waals surface area (Å²) < 4.78 is 12.9. The zero-order valence-electron chi connectivity index (χ0n) is 15.2. The number of carbonyl (C=O) groups is 1. The fraction of sp³-hybridized carbons (Fsp3) is 0.182. The van der Waals surface area contributed by atoms with Crippen LogP contribution in [0.4, 0.5) is 15.9 Å². The average molecular weight is 363 g/mol. The number of aromatic nitrogens is 1. The number of amides is 1. The molecule has 0 bridgehead atoms. The number of nitrogens with one attached hydrogen (secondary N) is 2. The first kappa shape index (κ1) is 18.6. The number of aryl methyl sites for hydroxylation is 1. The van der Waals surface area contributed by atoms with Crippen molar-refractivity contribution in [2.75, 3.05) is 17.2 Å². The van der Waals surface area contributed by atoms with E-state index in [0.717, 1.165) is 24.1 Å². The number of hydrogen-bond acceptors (Lipinski definition) is 3. The molecule has 0 fully saturated rings. The van der Waals surface area contributed by atoms with Crippen molar-refractivity contribution in [1.29, 1.82) is 0 Å². The maximum absolute atomic E-state index is 12.9. The quantitative estimate of drug-likeness (QED) is 0.640. The Morgan fingerprint density at radius 3 is 2.41 bits per heavy atom. The lowest BCUT2D eigenvalue weighted by atomic mass is 10.1. The predicted octanol–water partition coefficient (Wildman–Crippen LogP) is 4.69. The van der Waals surface area contributed by atoms with Crippen molar-refractivity contribution >= 4 is 17.4 Å². The van der Waals surface area contributed by atoms with Crippen LogP contribution in [-0.4, -0.2) is 17.4 Å². The number of anilines is 2. The van der Waals surface area contributed by atoms with Crippen LogP contribution in [0.25, 0.3) is 0 Å². The van der Waals surface area contributed by atoms with Gasteiger partial charge in [0.15, 0.2) is 0 Å². The van der Waals surface area contributed by atoms with Crippen molar-refractivity contribution in [3.8, 4) is 0 Å². The van der Waals surface area contributed by atoms with E-state index in [0.29, 0.717) is 17.9 Å². The Morgan fingerprint density at radius 1 is 1.00 bits per heavy atom. The van der Waals surface area contributed by atoms with E-state index in [4.69, 9.17) is 0 Å². The standard InChI is InChI=1S/C22H22FN3O/c1-2-16-5-9-20(10-6-16)26-22(27)18-12-14-25-21(15-18)24-13-11-17-3-7-19(23)8-4-17/h3-10,12,14-15H,2,11,13H2,1H3,(H,24,25)(H,26,27). The minimum atomic E-state index is -0.239. The molecule has 0 saturated carbocycles. The van der Waals surface area contributed by atoms with Gasteiger partial charge in [0, 0.05) is 24.0 Å². The molecule has 0 aliphatic carbocycles. The molecule has 4 nitrogen and oxygen atoms in total. The van der Waals surface area contributed by atoms with Crippen LogP contribution in [0.1, 0.15) is 28.4 Å². The molecule has 5 heteroatoms. The van der Waals surface area contributed by atoms with Gasteiger partial charge in [0.2, 0.25) is 0 Å². The Labute approximate surface area is 158 Å². The van der Waals surface area contributed by atoms with Crippen LogP contribution in [0.2, 0.25) is 0 Å². The maximum Gasteiger partial charge on any atom is 0.255 e. The fourth-order valence-electron chi connectivity index (χ4n) is 2.68. The lowest BCUT2D eigenvalue weighted by Crippen LogP contribution is -2.13. The predicted molar refractivity (Wildman–Crippen MR) is 107 cm³/mol. The van der Waals surface area contributed by atoms with Gasteiger partial charge in [-0.2, -0.15) is 0 Å². The van der Waals surface area contributed by atoms with Gasteiger partial charge in [0.25, 0.3) is 5.91 Å². The smallest absolute Gasteiger partial charge is 0.255 e. The third-order valence-corrected chi connectivity index (χ3v) is 4.28. The highest BCUT2D eigenvalue weighted by atomic mass is 19.1. The summed E-state index contributed by atoms with van der Waals surface area (Å²) >= 11 is 0. The second kappa shape index (κ2) is 8.94. The molecule has 2 N–H and O–H groups in total. The molecule has 1 heterocycles. The van der Waals surface area contributed by atoms with E-state index in [2.05, 4.69) is 22.5 Å². The third kappa shape index (κ3) is 5.38. The molecule has 0 radical (unpaired) electrons. The van der Waals surface area contributed by atoms with Gasteiger partial charge in [0.05, 0.1) is 0 Å². The highest BCUT2D eigenvalue weighted by Crippen LogP contribution is 2.13. The molecule has 0 aliphatic rings. The zero-order valence-corrected chi connectivity index (χ0v) is 15.2. The first-order valence-corrected chi connectivity index (χ1v) is 8.98. The van der Waals surface area contributed by atoms with Gasteiger partial charge in [-0.3, -0.25) is 4.79 Å². The van der Waals surface area contributed by atoms with Gasteiger partial charge in [-0.1, -0.05) is 31.2 Å². The van der Waals surface area contributed by atoms with Gasteiger partial charge in [-0.15, -0.1) is 0 Å². The van der Waals surface area contributed by atoms with E-state index in [1.165, 1.54) is 17.7 Å². The summed E-state index contributed by atoms with van der Waals surface area (Å²) in [5, 5.41) is 6.09.